The van der Waals surface area contributed by atoms with Gasteiger partial charge in [0.05, 0.1) is 23.6 Å². The molecular formula is C15H13F2NO2. The first-order valence-electron chi connectivity index (χ1n) is 6.13. The predicted molar refractivity (Wildman–Crippen MR) is 70.3 cm³/mol. The predicted octanol–water partition coefficient (Wildman–Crippen LogP) is 3.51. The number of rotatable bonds is 3. The molecule has 3 nitrogen and oxygen atoms in total. The van der Waals surface area contributed by atoms with Crippen molar-refractivity contribution in [2.75, 3.05) is 6.61 Å². The Bertz CT molecular complexity index is 656. The van der Waals surface area contributed by atoms with E-state index in [4.69, 9.17) is 4.74 Å². The van der Waals surface area contributed by atoms with Crippen molar-refractivity contribution in [3.05, 3.63) is 53.2 Å². The zero-order valence-corrected chi connectivity index (χ0v) is 11.1. The van der Waals surface area contributed by atoms with E-state index in [1.807, 2.05) is 0 Å². The Kier molecular flexibility index (Phi) is 4.08. The van der Waals surface area contributed by atoms with Crippen LogP contribution in [0.2, 0.25) is 0 Å². The van der Waals surface area contributed by atoms with Crippen LogP contribution in [0.15, 0.2) is 30.3 Å². The number of benzene rings is 1. The number of pyridine rings is 1. The van der Waals surface area contributed by atoms with E-state index in [1.54, 1.807) is 13.8 Å². The first-order valence-corrected chi connectivity index (χ1v) is 6.13. The molecule has 104 valence electrons. The topological polar surface area (TPSA) is 39.2 Å². The van der Waals surface area contributed by atoms with Gasteiger partial charge in [0.2, 0.25) is 0 Å². The van der Waals surface area contributed by atoms with Gasteiger partial charge in [-0.25, -0.2) is 13.6 Å². The van der Waals surface area contributed by atoms with Gasteiger partial charge in [-0.2, -0.15) is 0 Å². The van der Waals surface area contributed by atoms with E-state index in [9.17, 15) is 13.6 Å². The van der Waals surface area contributed by atoms with Crippen molar-refractivity contribution in [1.29, 1.82) is 0 Å². The normalized spacial score (nSPS) is 10.4. The fourth-order valence-electron chi connectivity index (χ4n) is 1.83. The lowest BCUT2D eigenvalue weighted by atomic mass is 10.1. The summed E-state index contributed by atoms with van der Waals surface area (Å²) in [4.78, 5) is 15.8. The molecule has 0 saturated heterocycles. The Hall–Kier alpha value is -2.30. The molecule has 5 heteroatoms. The summed E-state index contributed by atoms with van der Waals surface area (Å²) in [6.45, 7) is 3.59. The van der Waals surface area contributed by atoms with Gasteiger partial charge in [0.1, 0.15) is 11.6 Å². The molecule has 0 unspecified atom stereocenters. The number of halogens is 2. The Morgan fingerprint density at radius 3 is 2.65 bits per heavy atom. The first-order chi connectivity index (χ1) is 9.52. The molecule has 0 saturated carbocycles. The third-order valence-corrected chi connectivity index (χ3v) is 2.79. The van der Waals surface area contributed by atoms with Crippen molar-refractivity contribution in [3.8, 4) is 11.3 Å². The molecule has 0 fully saturated rings. The average Bonchev–Trinajstić information content (AvgIpc) is 2.41. The van der Waals surface area contributed by atoms with Gasteiger partial charge in [0, 0.05) is 5.56 Å². The molecule has 1 aromatic carbocycles. The Balaban J connectivity index is 2.43. The van der Waals surface area contributed by atoms with Crippen LogP contribution in [0.1, 0.15) is 23.0 Å². The highest BCUT2D eigenvalue weighted by molar-refractivity contribution is 5.90. The molecule has 1 heterocycles. The van der Waals surface area contributed by atoms with Gasteiger partial charge in [0.25, 0.3) is 0 Å². The lowest BCUT2D eigenvalue weighted by molar-refractivity contribution is 0.0525. The SMILES string of the molecule is CCOC(=O)c1ccc(-c2cc(F)ccc2F)nc1C. The molecule has 0 radical (unpaired) electrons. The second-order valence-electron chi connectivity index (χ2n) is 4.17. The number of hydrogen-bond acceptors (Lipinski definition) is 3. The maximum Gasteiger partial charge on any atom is 0.339 e. The van der Waals surface area contributed by atoms with Crippen molar-refractivity contribution < 1.29 is 18.3 Å². The summed E-state index contributed by atoms with van der Waals surface area (Å²) in [5.74, 6) is -1.60. The molecule has 0 N–H and O–H groups in total. The fourth-order valence-corrected chi connectivity index (χ4v) is 1.83. The number of hydrogen-bond donors (Lipinski definition) is 0. The lowest BCUT2D eigenvalue weighted by Gasteiger charge is -2.08. The smallest absolute Gasteiger partial charge is 0.339 e. The van der Waals surface area contributed by atoms with Crippen LogP contribution in [0.4, 0.5) is 8.78 Å². The van der Waals surface area contributed by atoms with Crippen molar-refractivity contribution in [2.45, 2.75) is 13.8 Å². The van der Waals surface area contributed by atoms with Crippen molar-refractivity contribution in [3.63, 3.8) is 0 Å². The zero-order chi connectivity index (χ0) is 14.7. The van der Waals surface area contributed by atoms with Gasteiger partial charge in [-0.05, 0) is 44.2 Å². The Morgan fingerprint density at radius 1 is 1.25 bits per heavy atom. The second-order valence-corrected chi connectivity index (χ2v) is 4.17. The third-order valence-electron chi connectivity index (χ3n) is 2.79. The van der Waals surface area contributed by atoms with Crippen molar-refractivity contribution >= 4 is 5.97 Å². The van der Waals surface area contributed by atoms with Gasteiger partial charge >= 0.3 is 5.97 Å². The highest BCUT2D eigenvalue weighted by Gasteiger charge is 2.14. The summed E-state index contributed by atoms with van der Waals surface area (Å²) >= 11 is 0. The quantitative estimate of drug-likeness (QED) is 0.806. The average molecular weight is 277 g/mol. The number of aromatic nitrogens is 1. The molecule has 0 aliphatic rings. The number of carbonyl (C=O) groups excluding carboxylic acids is 1. The summed E-state index contributed by atoms with van der Waals surface area (Å²) < 4.78 is 31.7. The molecule has 2 rings (SSSR count). The van der Waals surface area contributed by atoms with E-state index in [2.05, 4.69) is 4.98 Å². The van der Waals surface area contributed by atoms with Gasteiger partial charge in [-0.3, -0.25) is 4.98 Å². The molecule has 0 amide bonds. The molecule has 20 heavy (non-hydrogen) atoms. The maximum absolute atomic E-state index is 13.7. The molecule has 1 aromatic heterocycles. The summed E-state index contributed by atoms with van der Waals surface area (Å²) in [5, 5.41) is 0. The van der Waals surface area contributed by atoms with Crippen LogP contribution in [0.3, 0.4) is 0 Å². The van der Waals surface area contributed by atoms with Crippen LogP contribution >= 0.6 is 0 Å². The van der Waals surface area contributed by atoms with Crippen LogP contribution in [0.25, 0.3) is 11.3 Å². The van der Waals surface area contributed by atoms with Crippen molar-refractivity contribution in [2.24, 2.45) is 0 Å². The van der Waals surface area contributed by atoms with Gasteiger partial charge in [-0.1, -0.05) is 0 Å². The summed E-state index contributed by atoms with van der Waals surface area (Å²) in [7, 11) is 0. The van der Waals surface area contributed by atoms with Gasteiger partial charge in [0.15, 0.2) is 0 Å². The first kappa shape index (κ1) is 14.1. The molecular weight excluding hydrogens is 264 g/mol. The number of carbonyl (C=O) groups is 1. The minimum Gasteiger partial charge on any atom is -0.462 e. The number of nitrogens with zero attached hydrogens (tertiary/aromatic N) is 1. The summed E-state index contributed by atoms with van der Waals surface area (Å²) in [5.41, 5.74) is 1.05. The minimum atomic E-state index is -0.567. The molecule has 0 bridgehead atoms. The van der Waals surface area contributed by atoms with Crippen molar-refractivity contribution in [1.82, 2.24) is 4.98 Å². The standard InChI is InChI=1S/C15H13F2NO2/c1-3-20-15(19)11-5-7-14(18-9(11)2)12-8-10(16)4-6-13(12)17/h4-8H,3H2,1-2H3. The van der Waals surface area contributed by atoms with Crippen LogP contribution in [-0.4, -0.2) is 17.6 Å². The number of ether oxygens (including phenoxy) is 1. The molecule has 0 aliphatic heterocycles. The molecule has 0 aliphatic carbocycles. The summed E-state index contributed by atoms with van der Waals surface area (Å²) in [6, 6.07) is 6.12. The van der Waals surface area contributed by atoms with Gasteiger partial charge < -0.3 is 4.74 Å². The van der Waals surface area contributed by atoms with E-state index in [0.29, 0.717) is 11.3 Å². The molecule has 0 spiro atoms. The number of esters is 1. The number of aryl methyl sites for hydroxylation is 1. The highest BCUT2D eigenvalue weighted by atomic mass is 19.1. The van der Waals surface area contributed by atoms with Gasteiger partial charge in [-0.15, -0.1) is 0 Å². The molecule has 2 aromatic rings. The largest absolute Gasteiger partial charge is 0.462 e. The Labute approximate surface area is 115 Å². The molecule has 0 atom stereocenters. The van der Waals surface area contributed by atoms with E-state index in [1.165, 1.54) is 12.1 Å². The van der Waals surface area contributed by atoms with E-state index in [0.717, 1.165) is 18.2 Å². The minimum absolute atomic E-state index is 0.0588. The second kappa shape index (κ2) is 5.77. The monoisotopic (exact) mass is 277 g/mol. The summed E-state index contributed by atoms with van der Waals surface area (Å²) in [6.07, 6.45) is 0. The highest BCUT2D eigenvalue weighted by Crippen LogP contribution is 2.23. The lowest BCUT2D eigenvalue weighted by Crippen LogP contribution is -2.08. The van der Waals surface area contributed by atoms with Crippen LogP contribution in [0, 0.1) is 18.6 Å². The van der Waals surface area contributed by atoms with E-state index < -0.39 is 17.6 Å². The Morgan fingerprint density at radius 2 is 2.00 bits per heavy atom. The van der Waals surface area contributed by atoms with E-state index >= 15 is 0 Å². The maximum atomic E-state index is 13.7. The van der Waals surface area contributed by atoms with Crippen LogP contribution in [0.5, 0.6) is 0 Å². The van der Waals surface area contributed by atoms with Crippen LogP contribution < -0.4 is 0 Å². The van der Waals surface area contributed by atoms with E-state index in [-0.39, 0.29) is 17.9 Å². The van der Waals surface area contributed by atoms with Crippen LogP contribution in [-0.2, 0) is 4.74 Å². The zero-order valence-electron chi connectivity index (χ0n) is 11.1. The fraction of sp³-hybridized carbons (Fsp3) is 0.200. The third kappa shape index (κ3) is 2.82.